The lowest BCUT2D eigenvalue weighted by atomic mass is 9.97. The molecule has 4 nitrogen and oxygen atoms in total. The van der Waals surface area contributed by atoms with E-state index in [-0.39, 0.29) is 23.8 Å². The summed E-state index contributed by atoms with van der Waals surface area (Å²) in [5.74, 6) is 0.236. The second kappa shape index (κ2) is 7.52. The molecule has 18 heavy (non-hydrogen) atoms. The fourth-order valence-corrected chi connectivity index (χ4v) is 2.54. The van der Waals surface area contributed by atoms with Gasteiger partial charge in [-0.15, -0.1) is 0 Å². The monoisotopic (exact) mass is 254 g/mol. The fourth-order valence-electron chi connectivity index (χ4n) is 2.54. The Kier molecular flexibility index (Phi) is 6.33. The zero-order valence-electron chi connectivity index (χ0n) is 11.9. The first-order valence-electron chi connectivity index (χ1n) is 7.11. The van der Waals surface area contributed by atoms with E-state index in [0.29, 0.717) is 0 Å². The van der Waals surface area contributed by atoms with E-state index in [1.165, 1.54) is 0 Å². The van der Waals surface area contributed by atoms with Crippen molar-refractivity contribution in [2.75, 3.05) is 13.1 Å². The molecule has 4 heteroatoms. The van der Waals surface area contributed by atoms with Crippen LogP contribution in [0.3, 0.4) is 0 Å². The molecule has 0 bridgehead atoms. The van der Waals surface area contributed by atoms with Crippen LogP contribution in [0.4, 0.5) is 0 Å². The van der Waals surface area contributed by atoms with Crippen molar-refractivity contribution < 1.29 is 9.59 Å². The minimum atomic E-state index is -0.198. The number of unbranched alkanes of at least 4 members (excludes halogenated alkanes) is 1. The lowest BCUT2D eigenvalue weighted by molar-refractivity contribution is -0.131. The molecule has 0 saturated carbocycles. The number of hydrogen-bond acceptors (Lipinski definition) is 3. The van der Waals surface area contributed by atoms with Gasteiger partial charge in [0.05, 0.1) is 12.1 Å². The standard InChI is InChI=1S/C14H26N2O2/c1-4-5-9-15-14(18)11(2)16-10-7-6-8-13(16)12(3)17/h11,13H,4-10H2,1-3H3,(H,15,18). The first-order chi connectivity index (χ1) is 8.57. The van der Waals surface area contributed by atoms with Gasteiger partial charge in [0.1, 0.15) is 5.78 Å². The summed E-state index contributed by atoms with van der Waals surface area (Å²) in [6.45, 7) is 7.23. The zero-order valence-corrected chi connectivity index (χ0v) is 11.9. The quantitative estimate of drug-likeness (QED) is 0.734. The predicted octanol–water partition coefficient (Wildman–Crippen LogP) is 1.73. The second-order valence-electron chi connectivity index (χ2n) is 5.18. The molecule has 0 spiro atoms. The van der Waals surface area contributed by atoms with Crippen molar-refractivity contribution in [1.82, 2.24) is 10.2 Å². The van der Waals surface area contributed by atoms with Crippen LogP contribution in [-0.2, 0) is 9.59 Å². The van der Waals surface area contributed by atoms with Crippen LogP contribution in [0.5, 0.6) is 0 Å². The Bertz CT molecular complexity index is 292. The molecule has 0 aliphatic carbocycles. The van der Waals surface area contributed by atoms with E-state index in [1.807, 2.05) is 6.92 Å². The zero-order chi connectivity index (χ0) is 13.5. The van der Waals surface area contributed by atoms with Crippen LogP contribution in [0.1, 0.15) is 52.9 Å². The highest BCUT2D eigenvalue weighted by Crippen LogP contribution is 2.20. The van der Waals surface area contributed by atoms with Crippen molar-refractivity contribution in [3.63, 3.8) is 0 Å². The molecule has 1 heterocycles. The number of ketones is 1. The Morgan fingerprint density at radius 2 is 2.11 bits per heavy atom. The SMILES string of the molecule is CCCCNC(=O)C(C)N1CCCCC1C(C)=O. The molecule has 104 valence electrons. The Morgan fingerprint density at radius 1 is 1.39 bits per heavy atom. The normalized spacial score (nSPS) is 22.5. The number of piperidine rings is 1. The smallest absolute Gasteiger partial charge is 0.237 e. The number of rotatable bonds is 6. The van der Waals surface area contributed by atoms with E-state index in [9.17, 15) is 9.59 Å². The van der Waals surface area contributed by atoms with Gasteiger partial charge in [0.15, 0.2) is 0 Å². The summed E-state index contributed by atoms with van der Waals surface area (Å²) in [6.07, 6.45) is 5.15. The molecule has 0 radical (unpaired) electrons. The van der Waals surface area contributed by atoms with Crippen molar-refractivity contribution >= 4 is 11.7 Å². The first-order valence-corrected chi connectivity index (χ1v) is 7.11. The van der Waals surface area contributed by atoms with Crippen LogP contribution < -0.4 is 5.32 Å². The molecule has 0 aromatic carbocycles. The summed E-state index contributed by atoms with van der Waals surface area (Å²) in [4.78, 5) is 25.7. The number of amides is 1. The summed E-state index contributed by atoms with van der Waals surface area (Å²) < 4.78 is 0. The average Bonchev–Trinajstić information content (AvgIpc) is 2.38. The number of hydrogen-bond donors (Lipinski definition) is 1. The Morgan fingerprint density at radius 3 is 2.72 bits per heavy atom. The van der Waals surface area contributed by atoms with Gasteiger partial charge in [-0.2, -0.15) is 0 Å². The Hall–Kier alpha value is -0.900. The number of Topliss-reactive ketones (excluding diaryl/α,β-unsaturated/α-hetero) is 1. The summed E-state index contributed by atoms with van der Waals surface area (Å²) in [6, 6.07) is -0.262. The number of carbonyl (C=O) groups is 2. The largest absolute Gasteiger partial charge is 0.355 e. The molecule has 0 aromatic rings. The second-order valence-corrected chi connectivity index (χ2v) is 5.18. The van der Waals surface area contributed by atoms with Gasteiger partial charge in [-0.05, 0) is 39.7 Å². The third kappa shape index (κ3) is 4.09. The lowest BCUT2D eigenvalue weighted by Gasteiger charge is -2.37. The van der Waals surface area contributed by atoms with Gasteiger partial charge < -0.3 is 5.32 Å². The van der Waals surface area contributed by atoms with Crippen molar-refractivity contribution in [2.24, 2.45) is 0 Å². The van der Waals surface area contributed by atoms with E-state index < -0.39 is 0 Å². The maximum Gasteiger partial charge on any atom is 0.237 e. The van der Waals surface area contributed by atoms with Crippen LogP contribution in [0.25, 0.3) is 0 Å². The highest BCUT2D eigenvalue weighted by Gasteiger charge is 2.32. The molecule has 2 atom stereocenters. The highest BCUT2D eigenvalue weighted by atomic mass is 16.2. The highest BCUT2D eigenvalue weighted by molar-refractivity contribution is 5.85. The number of likely N-dealkylation sites (tertiary alicyclic amines) is 1. The number of carbonyl (C=O) groups excluding carboxylic acids is 2. The van der Waals surface area contributed by atoms with E-state index in [2.05, 4.69) is 17.1 Å². The third-order valence-corrected chi connectivity index (χ3v) is 3.72. The van der Waals surface area contributed by atoms with Crippen LogP contribution in [0.2, 0.25) is 0 Å². The van der Waals surface area contributed by atoms with Gasteiger partial charge >= 0.3 is 0 Å². The summed E-state index contributed by atoms with van der Waals surface area (Å²) in [7, 11) is 0. The average molecular weight is 254 g/mol. The number of nitrogens with zero attached hydrogens (tertiary/aromatic N) is 1. The molecular formula is C14H26N2O2. The third-order valence-electron chi connectivity index (χ3n) is 3.72. The molecule has 1 amide bonds. The van der Waals surface area contributed by atoms with Gasteiger partial charge in [0.2, 0.25) is 5.91 Å². The van der Waals surface area contributed by atoms with Gasteiger partial charge in [-0.25, -0.2) is 0 Å². The molecule has 2 unspecified atom stereocenters. The summed E-state index contributed by atoms with van der Waals surface area (Å²) >= 11 is 0. The first kappa shape index (κ1) is 15.2. The van der Waals surface area contributed by atoms with Crippen LogP contribution in [0, 0.1) is 0 Å². The molecule has 1 aliphatic rings. The molecule has 1 aliphatic heterocycles. The molecule has 1 fully saturated rings. The predicted molar refractivity (Wildman–Crippen MR) is 72.4 cm³/mol. The Labute approximate surface area is 110 Å². The van der Waals surface area contributed by atoms with Crippen LogP contribution in [-0.4, -0.2) is 41.8 Å². The molecule has 0 aromatic heterocycles. The fraction of sp³-hybridized carbons (Fsp3) is 0.857. The van der Waals surface area contributed by atoms with Crippen molar-refractivity contribution in [1.29, 1.82) is 0 Å². The number of nitrogens with one attached hydrogen (secondary N) is 1. The van der Waals surface area contributed by atoms with E-state index >= 15 is 0 Å². The topological polar surface area (TPSA) is 49.4 Å². The maximum atomic E-state index is 12.0. The van der Waals surface area contributed by atoms with E-state index in [0.717, 1.165) is 45.2 Å². The van der Waals surface area contributed by atoms with Gasteiger partial charge in [-0.1, -0.05) is 19.8 Å². The van der Waals surface area contributed by atoms with Gasteiger partial charge in [-0.3, -0.25) is 14.5 Å². The lowest BCUT2D eigenvalue weighted by Crippen LogP contribution is -2.54. The maximum absolute atomic E-state index is 12.0. The summed E-state index contributed by atoms with van der Waals surface area (Å²) in [5.41, 5.74) is 0. The van der Waals surface area contributed by atoms with E-state index in [1.54, 1.807) is 6.92 Å². The van der Waals surface area contributed by atoms with E-state index in [4.69, 9.17) is 0 Å². The van der Waals surface area contributed by atoms with Crippen LogP contribution >= 0.6 is 0 Å². The van der Waals surface area contributed by atoms with Gasteiger partial charge in [0.25, 0.3) is 0 Å². The van der Waals surface area contributed by atoms with Crippen molar-refractivity contribution in [3.8, 4) is 0 Å². The summed E-state index contributed by atoms with van der Waals surface area (Å²) in [5, 5.41) is 2.95. The minimum Gasteiger partial charge on any atom is -0.355 e. The van der Waals surface area contributed by atoms with Crippen molar-refractivity contribution in [2.45, 2.75) is 65.0 Å². The van der Waals surface area contributed by atoms with Gasteiger partial charge in [0, 0.05) is 6.54 Å². The van der Waals surface area contributed by atoms with Crippen molar-refractivity contribution in [3.05, 3.63) is 0 Å². The molecule has 1 saturated heterocycles. The molecule has 1 N–H and O–H groups in total. The Balaban J connectivity index is 2.54. The van der Waals surface area contributed by atoms with Crippen LogP contribution in [0.15, 0.2) is 0 Å². The molecule has 1 rings (SSSR count). The molecular weight excluding hydrogens is 228 g/mol. The minimum absolute atomic E-state index is 0.0524.